The molecular weight excluding hydrogens is 176 g/mol. The minimum atomic E-state index is 0.211. The van der Waals surface area contributed by atoms with E-state index in [0.29, 0.717) is 19.1 Å². The molecule has 0 bridgehead atoms. The highest BCUT2D eigenvalue weighted by molar-refractivity contribution is 5.76. The maximum Gasteiger partial charge on any atom is 0.0928 e. The average molecular weight is 200 g/mol. The van der Waals surface area contributed by atoms with Gasteiger partial charge in [-0.05, 0) is 13.3 Å². The summed E-state index contributed by atoms with van der Waals surface area (Å²) in [7, 11) is 0. The summed E-state index contributed by atoms with van der Waals surface area (Å²) in [4.78, 5) is 0. The largest absolute Gasteiger partial charge is 0.388 e. The zero-order valence-electron chi connectivity index (χ0n) is 9.51. The van der Waals surface area contributed by atoms with Gasteiger partial charge in [-0.3, -0.25) is 5.41 Å². The van der Waals surface area contributed by atoms with Crippen LogP contribution in [0.1, 0.15) is 52.4 Å². The average Bonchev–Trinajstić information content (AvgIpc) is 2.12. The first kappa shape index (κ1) is 13.4. The molecule has 0 aliphatic carbocycles. The highest BCUT2D eigenvalue weighted by Crippen LogP contribution is 2.07. The van der Waals surface area contributed by atoms with Gasteiger partial charge in [-0.2, -0.15) is 0 Å². The second-order valence-corrected chi connectivity index (χ2v) is 3.81. The first-order valence-corrected chi connectivity index (χ1v) is 5.61. The number of rotatable bonds is 9. The van der Waals surface area contributed by atoms with Crippen LogP contribution < -0.4 is 5.73 Å². The Bertz CT molecular complexity index is 148. The second-order valence-electron chi connectivity index (χ2n) is 3.81. The number of nitrogens with one attached hydrogen (secondary N) is 1. The molecule has 0 aromatic rings. The molecule has 0 heterocycles. The molecule has 1 unspecified atom stereocenters. The Morgan fingerprint density at radius 1 is 1.36 bits per heavy atom. The minimum absolute atomic E-state index is 0.211. The van der Waals surface area contributed by atoms with Crippen LogP contribution >= 0.6 is 0 Å². The van der Waals surface area contributed by atoms with E-state index in [1.54, 1.807) is 0 Å². The van der Waals surface area contributed by atoms with Crippen molar-refractivity contribution in [2.45, 2.75) is 58.5 Å². The summed E-state index contributed by atoms with van der Waals surface area (Å²) >= 11 is 0. The fourth-order valence-corrected chi connectivity index (χ4v) is 1.31. The SMILES string of the molecule is CCCCCCC(C)OCCC(=N)N. The van der Waals surface area contributed by atoms with Crippen LogP contribution in [0.4, 0.5) is 0 Å². The van der Waals surface area contributed by atoms with Gasteiger partial charge in [0.05, 0.1) is 18.5 Å². The molecule has 0 saturated carbocycles. The summed E-state index contributed by atoms with van der Waals surface area (Å²) in [6.07, 6.45) is 7.13. The Kier molecular flexibility index (Phi) is 8.64. The van der Waals surface area contributed by atoms with Gasteiger partial charge in [-0.15, -0.1) is 0 Å². The summed E-state index contributed by atoms with van der Waals surface area (Å²) in [5.74, 6) is 0.211. The molecule has 14 heavy (non-hydrogen) atoms. The fraction of sp³-hybridized carbons (Fsp3) is 0.909. The lowest BCUT2D eigenvalue weighted by Crippen LogP contribution is -2.16. The van der Waals surface area contributed by atoms with Gasteiger partial charge in [-0.1, -0.05) is 32.6 Å². The smallest absolute Gasteiger partial charge is 0.0928 e. The van der Waals surface area contributed by atoms with Crippen molar-refractivity contribution < 1.29 is 4.74 Å². The van der Waals surface area contributed by atoms with E-state index in [1.165, 1.54) is 25.7 Å². The predicted octanol–water partition coefficient (Wildman–Crippen LogP) is 2.69. The fourth-order valence-electron chi connectivity index (χ4n) is 1.31. The highest BCUT2D eigenvalue weighted by Gasteiger charge is 2.01. The molecule has 3 heteroatoms. The quantitative estimate of drug-likeness (QED) is 0.341. The maximum atomic E-state index is 7.03. The van der Waals surface area contributed by atoms with Gasteiger partial charge in [0, 0.05) is 6.42 Å². The second kappa shape index (κ2) is 9.00. The number of hydrogen-bond donors (Lipinski definition) is 2. The van der Waals surface area contributed by atoms with Crippen LogP contribution in [0, 0.1) is 5.41 Å². The number of ether oxygens (including phenoxy) is 1. The van der Waals surface area contributed by atoms with Crippen LogP contribution in [0.3, 0.4) is 0 Å². The summed E-state index contributed by atoms with van der Waals surface area (Å²) in [5.41, 5.74) is 5.22. The van der Waals surface area contributed by atoms with Crippen LogP contribution in [-0.2, 0) is 4.74 Å². The molecule has 0 aliphatic heterocycles. The van der Waals surface area contributed by atoms with Crippen LogP contribution in [0.25, 0.3) is 0 Å². The van der Waals surface area contributed by atoms with Gasteiger partial charge in [0.2, 0.25) is 0 Å². The monoisotopic (exact) mass is 200 g/mol. The van der Waals surface area contributed by atoms with E-state index in [2.05, 4.69) is 13.8 Å². The van der Waals surface area contributed by atoms with E-state index in [-0.39, 0.29) is 5.84 Å². The van der Waals surface area contributed by atoms with E-state index in [1.807, 2.05) is 0 Å². The van der Waals surface area contributed by atoms with Gasteiger partial charge >= 0.3 is 0 Å². The normalized spacial score (nSPS) is 12.7. The summed E-state index contributed by atoms with van der Waals surface area (Å²) < 4.78 is 5.51. The van der Waals surface area contributed by atoms with Crippen molar-refractivity contribution in [1.82, 2.24) is 0 Å². The Labute approximate surface area is 87.5 Å². The molecule has 1 atom stereocenters. The van der Waals surface area contributed by atoms with Crippen molar-refractivity contribution >= 4 is 5.84 Å². The summed E-state index contributed by atoms with van der Waals surface area (Å²) in [5, 5.41) is 7.03. The zero-order chi connectivity index (χ0) is 10.8. The van der Waals surface area contributed by atoms with Gasteiger partial charge in [0.25, 0.3) is 0 Å². The number of amidine groups is 1. The Morgan fingerprint density at radius 3 is 2.64 bits per heavy atom. The molecule has 0 rings (SSSR count). The van der Waals surface area contributed by atoms with Crippen molar-refractivity contribution in [3.63, 3.8) is 0 Å². The van der Waals surface area contributed by atoms with Crippen LogP contribution in [0.5, 0.6) is 0 Å². The standard InChI is InChI=1S/C11H24N2O/c1-3-4-5-6-7-10(2)14-9-8-11(12)13/h10H,3-9H2,1-2H3,(H3,12,13). The molecule has 0 spiro atoms. The minimum Gasteiger partial charge on any atom is -0.388 e. The Morgan fingerprint density at radius 2 is 2.07 bits per heavy atom. The zero-order valence-corrected chi connectivity index (χ0v) is 9.51. The molecule has 0 aromatic heterocycles. The van der Waals surface area contributed by atoms with E-state index in [0.717, 1.165) is 6.42 Å². The lowest BCUT2D eigenvalue weighted by Gasteiger charge is -2.12. The molecule has 84 valence electrons. The molecule has 3 N–H and O–H groups in total. The lowest BCUT2D eigenvalue weighted by atomic mass is 10.1. The van der Waals surface area contributed by atoms with Gasteiger partial charge in [0.1, 0.15) is 0 Å². The van der Waals surface area contributed by atoms with Crippen LogP contribution in [-0.4, -0.2) is 18.5 Å². The van der Waals surface area contributed by atoms with Gasteiger partial charge in [-0.25, -0.2) is 0 Å². The lowest BCUT2D eigenvalue weighted by molar-refractivity contribution is 0.0634. The van der Waals surface area contributed by atoms with E-state index in [4.69, 9.17) is 15.9 Å². The third kappa shape index (κ3) is 9.52. The molecule has 0 saturated heterocycles. The third-order valence-corrected chi connectivity index (χ3v) is 2.24. The van der Waals surface area contributed by atoms with Crippen molar-refractivity contribution in [3.05, 3.63) is 0 Å². The first-order valence-electron chi connectivity index (χ1n) is 5.61. The summed E-state index contributed by atoms with van der Waals surface area (Å²) in [6.45, 7) is 4.89. The van der Waals surface area contributed by atoms with Crippen molar-refractivity contribution in [2.24, 2.45) is 5.73 Å². The molecule has 3 nitrogen and oxygen atoms in total. The van der Waals surface area contributed by atoms with Crippen LogP contribution in [0.15, 0.2) is 0 Å². The van der Waals surface area contributed by atoms with Crippen molar-refractivity contribution in [2.75, 3.05) is 6.61 Å². The highest BCUT2D eigenvalue weighted by atomic mass is 16.5. The van der Waals surface area contributed by atoms with Gasteiger partial charge < -0.3 is 10.5 Å². The van der Waals surface area contributed by atoms with E-state index >= 15 is 0 Å². The third-order valence-electron chi connectivity index (χ3n) is 2.24. The van der Waals surface area contributed by atoms with Gasteiger partial charge in [0.15, 0.2) is 0 Å². The van der Waals surface area contributed by atoms with Crippen molar-refractivity contribution in [1.29, 1.82) is 5.41 Å². The number of unbranched alkanes of at least 4 members (excludes halogenated alkanes) is 3. The number of nitrogens with two attached hydrogens (primary N) is 1. The molecule has 0 radical (unpaired) electrons. The Hall–Kier alpha value is -0.570. The van der Waals surface area contributed by atoms with Crippen molar-refractivity contribution in [3.8, 4) is 0 Å². The molecule has 0 amide bonds. The molecular formula is C11H24N2O. The predicted molar refractivity (Wildman–Crippen MR) is 60.7 cm³/mol. The Balaban J connectivity index is 3.19. The topological polar surface area (TPSA) is 59.1 Å². The molecule has 0 aliphatic rings. The number of hydrogen-bond acceptors (Lipinski definition) is 2. The first-order chi connectivity index (χ1) is 6.66. The van der Waals surface area contributed by atoms with Crippen LogP contribution in [0.2, 0.25) is 0 Å². The molecule has 0 fully saturated rings. The summed E-state index contributed by atoms with van der Waals surface area (Å²) in [6, 6.07) is 0. The maximum absolute atomic E-state index is 7.03. The van der Waals surface area contributed by atoms with E-state index in [9.17, 15) is 0 Å². The molecule has 0 aromatic carbocycles. The van der Waals surface area contributed by atoms with E-state index < -0.39 is 0 Å².